The lowest BCUT2D eigenvalue weighted by molar-refractivity contribution is 0.163. The third kappa shape index (κ3) is 4.32. The van der Waals surface area contributed by atoms with Gasteiger partial charge in [0.15, 0.2) is 0 Å². The molecule has 3 N–H and O–H groups in total. The first-order valence-corrected chi connectivity index (χ1v) is 8.00. The Balaban J connectivity index is 2.96. The fourth-order valence-corrected chi connectivity index (χ4v) is 3.01. The third-order valence-electron chi connectivity index (χ3n) is 4.55. The van der Waals surface area contributed by atoms with Gasteiger partial charge in [0, 0.05) is 12.0 Å². The van der Waals surface area contributed by atoms with Crippen LogP contribution in [-0.2, 0) is 5.41 Å². The largest absolute Gasteiger partial charge is 0.395 e. The lowest BCUT2D eigenvalue weighted by atomic mass is 9.72. The molecule has 0 aliphatic carbocycles. The molecule has 0 aromatic heterocycles. The van der Waals surface area contributed by atoms with Gasteiger partial charge in [0.25, 0.3) is 0 Å². The quantitative estimate of drug-likeness (QED) is 0.721. The average molecular weight is 277 g/mol. The van der Waals surface area contributed by atoms with E-state index in [1.165, 1.54) is 30.4 Å². The van der Waals surface area contributed by atoms with Gasteiger partial charge in [-0.3, -0.25) is 0 Å². The first kappa shape index (κ1) is 17.2. The first-order chi connectivity index (χ1) is 9.61. The molecule has 0 aliphatic rings. The topological polar surface area (TPSA) is 46.2 Å². The van der Waals surface area contributed by atoms with Crippen LogP contribution in [0, 0.1) is 12.8 Å². The Labute approximate surface area is 124 Å². The van der Waals surface area contributed by atoms with Crippen molar-refractivity contribution in [2.45, 2.75) is 58.3 Å². The fraction of sp³-hybridized carbons (Fsp3) is 0.667. The van der Waals surface area contributed by atoms with E-state index in [0.717, 1.165) is 12.8 Å². The summed E-state index contributed by atoms with van der Waals surface area (Å²) in [7, 11) is 0. The lowest BCUT2D eigenvalue weighted by Crippen LogP contribution is -2.40. The number of rotatable bonds is 9. The molecule has 2 nitrogen and oxygen atoms in total. The molecular formula is C18H31NO. The van der Waals surface area contributed by atoms with Crippen molar-refractivity contribution in [3.8, 4) is 0 Å². The Morgan fingerprint density at radius 3 is 2.55 bits per heavy atom. The van der Waals surface area contributed by atoms with E-state index < -0.39 is 0 Å². The molecule has 2 unspecified atom stereocenters. The maximum Gasteiger partial charge on any atom is 0.0540 e. The van der Waals surface area contributed by atoms with E-state index >= 15 is 0 Å². The second kappa shape index (κ2) is 8.43. The van der Waals surface area contributed by atoms with Crippen molar-refractivity contribution in [2.24, 2.45) is 11.7 Å². The zero-order valence-electron chi connectivity index (χ0n) is 13.4. The Kier molecular flexibility index (Phi) is 7.25. The van der Waals surface area contributed by atoms with Crippen LogP contribution in [0.15, 0.2) is 24.3 Å². The van der Waals surface area contributed by atoms with Crippen molar-refractivity contribution in [3.63, 3.8) is 0 Å². The first-order valence-electron chi connectivity index (χ1n) is 8.00. The summed E-state index contributed by atoms with van der Waals surface area (Å²) in [6.07, 6.45) is 5.88. The predicted octanol–water partition coefficient (Wildman–Crippen LogP) is 3.79. The van der Waals surface area contributed by atoms with Crippen LogP contribution in [0.3, 0.4) is 0 Å². The molecule has 20 heavy (non-hydrogen) atoms. The highest BCUT2D eigenvalue weighted by atomic mass is 16.3. The number of hydrogen-bond acceptors (Lipinski definition) is 2. The molecule has 0 aliphatic heterocycles. The van der Waals surface area contributed by atoms with Crippen molar-refractivity contribution in [1.82, 2.24) is 0 Å². The van der Waals surface area contributed by atoms with Crippen LogP contribution in [0.25, 0.3) is 0 Å². The molecule has 0 spiro atoms. The Morgan fingerprint density at radius 1 is 1.30 bits per heavy atom. The smallest absolute Gasteiger partial charge is 0.0540 e. The van der Waals surface area contributed by atoms with Crippen molar-refractivity contribution < 1.29 is 5.11 Å². The number of aliphatic hydroxyl groups excluding tert-OH is 1. The van der Waals surface area contributed by atoms with Gasteiger partial charge in [0.2, 0.25) is 0 Å². The lowest BCUT2D eigenvalue weighted by Gasteiger charge is -2.35. The molecule has 2 heteroatoms. The van der Waals surface area contributed by atoms with Gasteiger partial charge < -0.3 is 10.8 Å². The zero-order valence-corrected chi connectivity index (χ0v) is 13.4. The highest BCUT2D eigenvalue weighted by molar-refractivity contribution is 5.30. The van der Waals surface area contributed by atoms with E-state index in [0.29, 0.717) is 12.5 Å². The Morgan fingerprint density at radius 2 is 2.05 bits per heavy atom. The minimum absolute atomic E-state index is 0.135. The number of benzene rings is 1. The minimum Gasteiger partial charge on any atom is -0.395 e. The Hall–Kier alpha value is -0.860. The van der Waals surface area contributed by atoms with Gasteiger partial charge in [-0.1, -0.05) is 69.4 Å². The number of hydrogen-bond donors (Lipinski definition) is 2. The van der Waals surface area contributed by atoms with Crippen molar-refractivity contribution in [1.29, 1.82) is 0 Å². The summed E-state index contributed by atoms with van der Waals surface area (Å²) in [6, 6.07) is 8.45. The summed E-state index contributed by atoms with van der Waals surface area (Å²) in [4.78, 5) is 0. The highest BCUT2D eigenvalue weighted by Crippen LogP contribution is 2.34. The summed E-state index contributed by atoms with van der Waals surface area (Å²) in [5, 5.41) is 10.0. The molecule has 0 saturated carbocycles. The molecule has 0 saturated heterocycles. The van der Waals surface area contributed by atoms with Crippen molar-refractivity contribution >= 4 is 0 Å². The van der Waals surface area contributed by atoms with E-state index in [4.69, 9.17) is 5.73 Å². The molecule has 0 fully saturated rings. The predicted molar refractivity (Wildman–Crippen MR) is 86.9 cm³/mol. The number of aryl methyl sites for hydroxylation is 1. The molecule has 0 amide bonds. The van der Waals surface area contributed by atoms with Gasteiger partial charge >= 0.3 is 0 Å². The minimum atomic E-state index is -0.277. The molecule has 1 aromatic carbocycles. The van der Waals surface area contributed by atoms with Crippen LogP contribution in [0.4, 0.5) is 0 Å². The van der Waals surface area contributed by atoms with Crippen LogP contribution in [0.5, 0.6) is 0 Å². The molecule has 0 bridgehead atoms. The molecular weight excluding hydrogens is 246 g/mol. The van der Waals surface area contributed by atoms with E-state index in [1.54, 1.807) is 0 Å². The van der Waals surface area contributed by atoms with Gasteiger partial charge in [-0.2, -0.15) is 0 Å². The zero-order chi connectivity index (χ0) is 15.0. The van der Waals surface area contributed by atoms with Crippen molar-refractivity contribution in [3.05, 3.63) is 35.4 Å². The summed E-state index contributed by atoms with van der Waals surface area (Å²) < 4.78 is 0. The summed E-state index contributed by atoms with van der Waals surface area (Å²) in [5.74, 6) is 0.645. The molecule has 114 valence electrons. The van der Waals surface area contributed by atoms with Gasteiger partial charge in [0.05, 0.1) is 6.61 Å². The standard InChI is InChI=1S/C18H31NO/c1-4-6-9-16(5-2)12-18(13-19,14-20)17-10-7-8-15(3)11-17/h7-8,10-11,16,20H,4-6,9,12-14,19H2,1-3H3. The normalized spacial score (nSPS) is 15.8. The second-order valence-corrected chi connectivity index (χ2v) is 6.13. The number of aliphatic hydroxyl groups is 1. The summed E-state index contributed by atoms with van der Waals surface area (Å²) in [5.41, 5.74) is 8.22. The maximum absolute atomic E-state index is 10.0. The van der Waals surface area contributed by atoms with Crippen LogP contribution in [-0.4, -0.2) is 18.3 Å². The SMILES string of the molecule is CCCCC(CC)CC(CN)(CO)c1cccc(C)c1. The highest BCUT2D eigenvalue weighted by Gasteiger charge is 2.32. The second-order valence-electron chi connectivity index (χ2n) is 6.13. The Bertz CT molecular complexity index is 385. The average Bonchev–Trinajstić information content (AvgIpc) is 2.48. The van der Waals surface area contributed by atoms with Crippen LogP contribution in [0.1, 0.15) is 57.1 Å². The van der Waals surface area contributed by atoms with Crippen LogP contribution < -0.4 is 5.73 Å². The van der Waals surface area contributed by atoms with Crippen LogP contribution in [0.2, 0.25) is 0 Å². The van der Waals surface area contributed by atoms with Gasteiger partial charge in [-0.15, -0.1) is 0 Å². The van der Waals surface area contributed by atoms with E-state index in [1.807, 2.05) is 0 Å². The molecule has 0 radical (unpaired) electrons. The summed E-state index contributed by atoms with van der Waals surface area (Å²) in [6.45, 7) is 7.21. The fourth-order valence-electron chi connectivity index (χ4n) is 3.01. The maximum atomic E-state index is 10.0. The summed E-state index contributed by atoms with van der Waals surface area (Å²) >= 11 is 0. The molecule has 1 aromatic rings. The van der Waals surface area contributed by atoms with E-state index in [9.17, 15) is 5.11 Å². The van der Waals surface area contributed by atoms with Gasteiger partial charge in [-0.05, 0) is 24.8 Å². The molecule has 0 heterocycles. The molecule has 2 atom stereocenters. The van der Waals surface area contributed by atoms with Gasteiger partial charge in [-0.25, -0.2) is 0 Å². The number of nitrogens with two attached hydrogens (primary N) is 1. The van der Waals surface area contributed by atoms with Crippen LogP contribution >= 0.6 is 0 Å². The third-order valence-corrected chi connectivity index (χ3v) is 4.55. The van der Waals surface area contributed by atoms with E-state index in [-0.39, 0.29) is 12.0 Å². The van der Waals surface area contributed by atoms with Crippen molar-refractivity contribution in [2.75, 3.05) is 13.2 Å². The monoisotopic (exact) mass is 277 g/mol. The molecule has 1 rings (SSSR count). The number of unbranched alkanes of at least 4 members (excludes halogenated alkanes) is 1. The van der Waals surface area contributed by atoms with E-state index in [2.05, 4.69) is 45.0 Å². The van der Waals surface area contributed by atoms with Gasteiger partial charge in [0.1, 0.15) is 0 Å².